The quantitative estimate of drug-likeness (QED) is 0.821. The fourth-order valence-corrected chi connectivity index (χ4v) is 2.42. The van der Waals surface area contributed by atoms with Gasteiger partial charge in [-0.25, -0.2) is 4.85 Å². The summed E-state index contributed by atoms with van der Waals surface area (Å²) in [7, 11) is 0. The summed E-state index contributed by atoms with van der Waals surface area (Å²) in [5.41, 5.74) is 2.96. The van der Waals surface area contributed by atoms with E-state index in [0.29, 0.717) is 12.3 Å². The molecule has 98 valence electrons. The van der Waals surface area contributed by atoms with Gasteiger partial charge in [0.1, 0.15) is 0 Å². The van der Waals surface area contributed by atoms with Crippen molar-refractivity contribution in [3.63, 3.8) is 0 Å². The number of carbonyl (C=O) groups excluding carboxylic acids is 1. The van der Waals surface area contributed by atoms with Gasteiger partial charge in [-0.05, 0) is 49.7 Å². The number of hydrogen-bond acceptors (Lipinski definition) is 1. The summed E-state index contributed by atoms with van der Waals surface area (Å²) in [6, 6.07) is 5.83. The van der Waals surface area contributed by atoms with Crippen LogP contribution in [0, 0.1) is 6.57 Å². The zero-order valence-corrected chi connectivity index (χ0v) is 11.2. The number of benzene rings is 1. The molecule has 2 saturated carbocycles. The molecule has 2 aliphatic rings. The number of amides is 1. The summed E-state index contributed by atoms with van der Waals surface area (Å²) >= 11 is 0. The van der Waals surface area contributed by atoms with Crippen molar-refractivity contribution in [1.82, 2.24) is 5.32 Å². The molecule has 0 saturated heterocycles. The highest BCUT2D eigenvalue weighted by Gasteiger charge is 2.38. The molecule has 3 nitrogen and oxygen atoms in total. The van der Waals surface area contributed by atoms with Gasteiger partial charge in [0.05, 0.1) is 13.0 Å². The van der Waals surface area contributed by atoms with E-state index in [-0.39, 0.29) is 11.4 Å². The molecule has 3 rings (SSSR count). The SMILES string of the molecule is [C-]#[N+]c1ccc(CC(=O)NC2(C)CC2)cc1C1CC1. The van der Waals surface area contributed by atoms with Gasteiger partial charge in [0.25, 0.3) is 0 Å². The average Bonchev–Trinajstić information content (AvgIpc) is 3.26. The van der Waals surface area contributed by atoms with Crippen LogP contribution in [0.15, 0.2) is 18.2 Å². The molecule has 0 aromatic heterocycles. The van der Waals surface area contributed by atoms with Crippen molar-refractivity contribution in [3.05, 3.63) is 40.7 Å². The van der Waals surface area contributed by atoms with E-state index in [1.165, 1.54) is 12.8 Å². The maximum Gasteiger partial charge on any atom is 0.224 e. The Hall–Kier alpha value is -1.82. The van der Waals surface area contributed by atoms with Gasteiger partial charge >= 0.3 is 0 Å². The van der Waals surface area contributed by atoms with Crippen LogP contribution < -0.4 is 5.32 Å². The van der Waals surface area contributed by atoms with E-state index >= 15 is 0 Å². The van der Waals surface area contributed by atoms with Crippen molar-refractivity contribution in [2.75, 3.05) is 0 Å². The third-order valence-electron chi connectivity index (χ3n) is 4.04. The van der Waals surface area contributed by atoms with Crippen LogP contribution in [-0.2, 0) is 11.2 Å². The summed E-state index contributed by atoms with van der Waals surface area (Å²) in [5.74, 6) is 0.644. The smallest absolute Gasteiger partial charge is 0.224 e. The van der Waals surface area contributed by atoms with Crippen molar-refractivity contribution in [1.29, 1.82) is 0 Å². The van der Waals surface area contributed by atoms with Crippen LogP contribution in [0.5, 0.6) is 0 Å². The molecule has 1 aromatic rings. The van der Waals surface area contributed by atoms with E-state index < -0.39 is 0 Å². The second kappa shape index (κ2) is 4.38. The number of carbonyl (C=O) groups is 1. The van der Waals surface area contributed by atoms with Crippen LogP contribution in [-0.4, -0.2) is 11.4 Å². The predicted molar refractivity (Wildman–Crippen MR) is 74.2 cm³/mol. The molecule has 2 fully saturated rings. The molecule has 3 heteroatoms. The zero-order valence-electron chi connectivity index (χ0n) is 11.2. The van der Waals surface area contributed by atoms with E-state index in [1.54, 1.807) is 0 Å². The minimum atomic E-state index is 0.0485. The van der Waals surface area contributed by atoms with Crippen LogP contribution in [0.3, 0.4) is 0 Å². The Morgan fingerprint density at radius 1 is 1.47 bits per heavy atom. The molecular formula is C16H18N2O. The Morgan fingerprint density at radius 2 is 2.21 bits per heavy atom. The number of nitrogens with zero attached hydrogens (tertiary/aromatic N) is 1. The summed E-state index contributed by atoms with van der Waals surface area (Å²) in [5, 5.41) is 3.07. The standard InChI is InChI=1S/C16H18N2O/c1-16(7-8-16)18-15(19)10-11-3-6-14(17-2)13(9-11)12-4-5-12/h3,6,9,12H,4-5,7-8,10H2,1H3,(H,18,19). The van der Waals surface area contributed by atoms with Crippen LogP contribution in [0.4, 0.5) is 5.69 Å². The van der Waals surface area contributed by atoms with Gasteiger partial charge in [-0.15, -0.1) is 0 Å². The lowest BCUT2D eigenvalue weighted by molar-refractivity contribution is -0.121. The summed E-state index contributed by atoms with van der Waals surface area (Å²) < 4.78 is 0. The Morgan fingerprint density at radius 3 is 2.79 bits per heavy atom. The molecule has 1 amide bonds. The maximum absolute atomic E-state index is 11.9. The minimum Gasteiger partial charge on any atom is -0.351 e. The van der Waals surface area contributed by atoms with Gasteiger partial charge in [0.2, 0.25) is 5.91 Å². The lowest BCUT2D eigenvalue weighted by Gasteiger charge is -2.12. The maximum atomic E-state index is 11.9. The molecule has 0 bridgehead atoms. The lowest BCUT2D eigenvalue weighted by Crippen LogP contribution is -2.35. The van der Waals surface area contributed by atoms with Crippen molar-refractivity contribution in [2.24, 2.45) is 0 Å². The second-order valence-corrected chi connectivity index (χ2v) is 6.06. The van der Waals surface area contributed by atoms with Gasteiger partial charge in [0.15, 0.2) is 5.69 Å². The minimum absolute atomic E-state index is 0.0485. The van der Waals surface area contributed by atoms with Crippen molar-refractivity contribution >= 4 is 11.6 Å². The van der Waals surface area contributed by atoms with E-state index in [0.717, 1.165) is 29.7 Å². The monoisotopic (exact) mass is 254 g/mol. The Kier molecular flexibility index (Phi) is 2.82. The molecule has 2 aliphatic carbocycles. The highest BCUT2D eigenvalue weighted by molar-refractivity contribution is 5.80. The first-order chi connectivity index (χ1) is 9.09. The Balaban J connectivity index is 1.72. The van der Waals surface area contributed by atoms with Crippen LogP contribution in [0.1, 0.15) is 49.7 Å². The molecule has 0 radical (unpaired) electrons. The highest BCUT2D eigenvalue weighted by Crippen LogP contribution is 2.44. The fraction of sp³-hybridized carbons (Fsp3) is 0.500. The number of nitrogens with one attached hydrogen (secondary N) is 1. The first-order valence-electron chi connectivity index (χ1n) is 6.91. The first kappa shape index (κ1) is 12.2. The van der Waals surface area contributed by atoms with Crippen molar-refractivity contribution < 1.29 is 4.79 Å². The van der Waals surface area contributed by atoms with Gasteiger partial charge in [-0.1, -0.05) is 18.2 Å². The van der Waals surface area contributed by atoms with E-state index in [2.05, 4.69) is 23.2 Å². The van der Waals surface area contributed by atoms with Crippen molar-refractivity contribution in [2.45, 2.75) is 50.5 Å². The largest absolute Gasteiger partial charge is 0.351 e. The molecule has 0 spiro atoms. The van der Waals surface area contributed by atoms with Crippen LogP contribution >= 0.6 is 0 Å². The third kappa shape index (κ3) is 2.78. The summed E-state index contributed by atoms with van der Waals surface area (Å²) in [4.78, 5) is 15.5. The van der Waals surface area contributed by atoms with Gasteiger partial charge < -0.3 is 5.32 Å². The molecule has 0 aliphatic heterocycles. The van der Waals surface area contributed by atoms with Crippen molar-refractivity contribution in [3.8, 4) is 0 Å². The normalized spacial score (nSPS) is 19.6. The topological polar surface area (TPSA) is 33.5 Å². The lowest BCUT2D eigenvalue weighted by atomic mass is 10.0. The molecule has 19 heavy (non-hydrogen) atoms. The third-order valence-corrected chi connectivity index (χ3v) is 4.04. The first-order valence-corrected chi connectivity index (χ1v) is 6.91. The number of hydrogen-bond donors (Lipinski definition) is 1. The van der Waals surface area contributed by atoms with E-state index in [1.807, 2.05) is 12.1 Å². The summed E-state index contributed by atoms with van der Waals surface area (Å²) in [6.45, 7) is 9.28. The zero-order chi connectivity index (χ0) is 13.5. The highest BCUT2D eigenvalue weighted by atomic mass is 16.1. The van der Waals surface area contributed by atoms with E-state index in [9.17, 15) is 4.79 Å². The molecule has 0 heterocycles. The number of rotatable bonds is 4. The molecule has 1 N–H and O–H groups in total. The summed E-state index contributed by atoms with van der Waals surface area (Å²) in [6.07, 6.45) is 4.95. The van der Waals surface area contributed by atoms with Gasteiger partial charge in [0, 0.05) is 5.54 Å². The molecule has 1 aromatic carbocycles. The second-order valence-electron chi connectivity index (χ2n) is 6.06. The van der Waals surface area contributed by atoms with Gasteiger partial charge in [-0.2, -0.15) is 0 Å². The fourth-order valence-electron chi connectivity index (χ4n) is 2.42. The van der Waals surface area contributed by atoms with Crippen LogP contribution in [0.25, 0.3) is 4.85 Å². The molecule has 0 atom stereocenters. The Labute approximate surface area is 113 Å². The van der Waals surface area contributed by atoms with E-state index in [4.69, 9.17) is 6.57 Å². The average molecular weight is 254 g/mol. The predicted octanol–water partition coefficient (Wildman–Crippen LogP) is 3.33. The van der Waals surface area contributed by atoms with Gasteiger partial charge in [-0.3, -0.25) is 4.79 Å². The Bertz CT molecular complexity index is 563. The molecule has 0 unspecified atom stereocenters. The molecular weight excluding hydrogens is 236 g/mol. The van der Waals surface area contributed by atoms with Crippen LogP contribution in [0.2, 0.25) is 0 Å².